The van der Waals surface area contributed by atoms with E-state index < -0.39 is 0 Å². The molecule has 0 aromatic heterocycles. The maximum atomic E-state index is 12.3. The molecule has 1 saturated heterocycles. The predicted molar refractivity (Wildman–Crippen MR) is 98.6 cm³/mol. The molecular weight excluding hydrogens is 337 g/mol. The summed E-state index contributed by atoms with van der Waals surface area (Å²) in [5, 5.41) is 2.99. The van der Waals surface area contributed by atoms with Gasteiger partial charge < -0.3 is 20.7 Å². The number of nitrogens with one attached hydrogen (secondary N) is 1. The Bertz CT molecular complexity index is 512. The number of aryl methyl sites for hydroxylation is 1. The van der Waals surface area contributed by atoms with Crippen molar-refractivity contribution in [3.8, 4) is 0 Å². The van der Waals surface area contributed by atoms with Crippen molar-refractivity contribution in [1.29, 1.82) is 0 Å². The maximum Gasteiger partial charge on any atom is 0.253 e. The van der Waals surface area contributed by atoms with Crippen LogP contribution in [0.2, 0.25) is 0 Å². The number of hydrogen-bond acceptors (Lipinski definition) is 4. The first kappa shape index (κ1) is 22.1. The molecule has 1 fully saturated rings. The normalized spacial score (nSPS) is 19.9. The van der Waals surface area contributed by atoms with E-state index in [1.807, 2.05) is 33.2 Å². The van der Waals surface area contributed by atoms with E-state index in [1.165, 1.54) is 5.56 Å². The van der Waals surface area contributed by atoms with Crippen molar-refractivity contribution in [2.45, 2.75) is 38.5 Å². The molecular formula is C16H27Cl2N3O2. The minimum absolute atomic E-state index is 0. The Hall–Kier alpha value is -0.850. The lowest BCUT2D eigenvalue weighted by Crippen LogP contribution is -2.30. The van der Waals surface area contributed by atoms with Crippen LogP contribution >= 0.6 is 24.8 Å². The molecule has 2 rings (SSSR count). The largest absolute Gasteiger partial charge is 0.364 e. The minimum atomic E-state index is -0.379. The van der Waals surface area contributed by atoms with Gasteiger partial charge in [0.2, 0.25) is 0 Å². The van der Waals surface area contributed by atoms with E-state index in [0.717, 1.165) is 30.6 Å². The van der Waals surface area contributed by atoms with Gasteiger partial charge in [0.15, 0.2) is 0 Å². The van der Waals surface area contributed by atoms with Gasteiger partial charge in [-0.05, 0) is 51.1 Å². The third-order valence-electron chi connectivity index (χ3n) is 3.72. The summed E-state index contributed by atoms with van der Waals surface area (Å²) in [4.78, 5) is 14.4. The van der Waals surface area contributed by atoms with Gasteiger partial charge in [0, 0.05) is 18.8 Å². The van der Waals surface area contributed by atoms with E-state index >= 15 is 0 Å². The van der Waals surface area contributed by atoms with E-state index in [0.29, 0.717) is 6.54 Å². The van der Waals surface area contributed by atoms with Crippen LogP contribution < -0.4 is 11.1 Å². The number of rotatable bonds is 5. The Morgan fingerprint density at radius 2 is 2.04 bits per heavy atom. The molecule has 23 heavy (non-hydrogen) atoms. The van der Waals surface area contributed by atoms with Crippen LogP contribution in [-0.2, 0) is 16.1 Å². The highest BCUT2D eigenvalue weighted by atomic mass is 35.5. The third kappa shape index (κ3) is 6.28. The molecule has 0 radical (unpaired) electrons. The molecule has 7 heteroatoms. The number of hydrogen-bond donors (Lipinski definition) is 2. The molecule has 0 aliphatic carbocycles. The van der Waals surface area contributed by atoms with Crippen molar-refractivity contribution in [3.63, 3.8) is 0 Å². The first-order valence-corrected chi connectivity index (χ1v) is 7.40. The molecule has 1 aromatic carbocycles. The summed E-state index contributed by atoms with van der Waals surface area (Å²) in [7, 11) is 4.05. The fraction of sp³-hybridized carbons (Fsp3) is 0.562. The molecule has 2 atom stereocenters. The SMILES string of the molecule is Cc1ccc(CN(C)C)cc1NC(=O)[C@@H]1CC[C@H](CN)O1.Cl.Cl. The van der Waals surface area contributed by atoms with Gasteiger partial charge in [0.05, 0.1) is 6.10 Å². The Morgan fingerprint density at radius 3 is 2.61 bits per heavy atom. The molecule has 0 unspecified atom stereocenters. The van der Waals surface area contributed by atoms with Gasteiger partial charge in [-0.25, -0.2) is 0 Å². The van der Waals surface area contributed by atoms with Crippen molar-refractivity contribution < 1.29 is 9.53 Å². The van der Waals surface area contributed by atoms with E-state index in [2.05, 4.69) is 16.3 Å². The van der Waals surface area contributed by atoms with E-state index in [-0.39, 0.29) is 42.9 Å². The molecule has 1 heterocycles. The van der Waals surface area contributed by atoms with Gasteiger partial charge in [-0.2, -0.15) is 0 Å². The highest BCUT2D eigenvalue weighted by Crippen LogP contribution is 2.22. The number of benzene rings is 1. The zero-order chi connectivity index (χ0) is 15.4. The number of nitrogens with zero attached hydrogens (tertiary/aromatic N) is 1. The lowest BCUT2D eigenvalue weighted by molar-refractivity contribution is -0.126. The summed E-state index contributed by atoms with van der Waals surface area (Å²) >= 11 is 0. The second-order valence-electron chi connectivity index (χ2n) is 5.94. The molecule has 3 N–H and O–H groups in total. The molecule has 1 aliphatic rings. The van der Waals surface area contributed by atoms with Crippen molar-refractivity contribution >= 4 is 36.4 Å². The predicted octanol–water partition coefficient (Wildman–Crippen LogP) is 2.35. The highest BCUT2D eigenvalue weighted by molar-refractivity contribution is 5.95. The Balaban J connectivity index is 0.00000242. The molecule has 1 aromatic rings. The van der Waals surface area contributed by atoms with Crippen molar-refractivity contribution in [2.24, 2.45) is 5.73 Å². The first-order valence-electron chi connectivity index (χ1n) is 7.40. The van der Waals surface area contributed by atoms with Crippen LogP contribution in [-0.4, -0.2) is 43.7 Å². The number of carbonyl (C=O) groups excluding carboxylic acids is 1. The number of halogens is 2. The van der Waals surface area contributed by atoms with Crippen LogP contribution in [0.3, 0.4) is 0 Å². The zero-order valence-corrected chi connectivity index (χ0v) is 15.5. The Labute approximate surface area is 150 Å². The maximum absolute atomic E-state index is 12.3. The summed E-state index contributed by atoms with van der Waals surface area (Å²) in [6.45, 7) is 3.31. The molecule has 5 nitrogen and oxygen atoms in total. The molecule has 0 saturated carbocycles. The van der Waals surface area contributed by atoms with Crippen molar-refractivity contribution in [3.05, 3.63) is 29.3 Å². The van der Waals surface area contributed by atoms with Gasteiger partial charge in [-0.15, -0.1) is 24.8 Å². The second kappa shape index (κ2) is 10.1. The van der Waals surface area contributed by atoms with Gasteiger partial charge in [-0.3, -0.25) is 4.79 Å². The zero-order valence-electron chi connectivity index (χ0n) is 13.9. The van der Waals surface area contributed by atoms with Crippen molar-refractivity contribution in [2.75, 3.05) is 26.0 Å². The number of amides is 1. The summed E-state index contributed by atoms with van der Waals surface area (Å²) in [5.74, 6) is -0.0731. The highest BCUT2D eigenvalue weighted by Gasteiger charge is 2.30. The van der Waals surface area contributed by atoms with E-state index in [4.69, 9.17) is 10.5 Å². The lowest BCUT2D eigenvalue weighted by Gasteiger charge is -2.16. The summed E-state index contributed by atoms with van der Waals surface area (Å²) in [6, 6.07) is 6.15. The standard InChI is InChI=1S/C16H25N3O2.2ClH/c1-11-4-5-12(10-19(2)3)8-14(11)18-16(20)15-7-6-13(9-17)21-15;;/h4-5,8,13,15H,6-7,9-10,17H2,1-3H3,(H,18,20);2*1H/t13-,15+;;/m1../s1. The number of ether oxygens (including phenoxy) is 1. The van der Waals surface area contributed by atoms with E-state index in [1.54, 1.807) is 0 Å². The van der Waals surface area contributed by atoms with E-state index in [9.17, 15) is 4.79 Å². The second-order valence-corrected chi connectivity index (χ2v) is 5.94. The average Bonchev–Trinajstić information content (AvgIpc) is 2.91. The van der Waals surface area contributed by atoms with Gasteiger partial charge in [-0.1, -0.05) is 12.1 Å². The summed E-state index contributed by atoms with van der Waals surface area (Å²) in [6.07, 6.45) is 1.23. The summed E-state index contributed by atoms with van der Waals surface area (Å²) in [5.41, 5.74) is 8.67. The Morgan fingerprint density at radius 1 is 1.35 bits per heavy atom. The van der Waals surface area contributed by atoms with Crippen LogP contribution in [0.15, 0.2) is 18.2 Å². The minimum Gasteiger partial charge on any atom is -0.364 e. The topological polar surface area (TPSA) is 67.6 Å². The monoisotopic (exact) mass is 363 g/mol. The number of anilines is 1. The van der Waals surface area contributed by atoms with Crippen LogP contribution in [0.5, 0.6) is 0 Å². The van der Waals surface area contributed by atoms with Crippen LogP contribution in [0.1, 0.15) is 24.0 Å². The van der Waals surface area contributed by atoms with Crippen LogP contribution in [0.4, 0.5) is 5.69 Å². The Kier molecular flexibility index (Phi) is 9.73. The fourth-order valence-corrected chi connectivity index (χ4v) is 2.55. The summed E-state index contributed by atoms with van der Waals surface area (Å²) < 4.78 is 5.63. The molecule has 132 valence electrons. The first-order chi connectivity index (χ1) is 9.99. The van der Waals surface area contributed by atoms with Gasteiger partial charge in [0.25, 0.3) is 5.91 Å². The van der Waals surface area contributed by atoms with Gasteiger partial charge >= 0.3 is 0 Å². The number of carbonyl (C=O) groups is 1. The quantitative estimate of drug-likeness (QED) is 0.842. The smallest absolute Gasteiger partial charge is 0.253 e. The molecule has 0 spiro atoms. The van der Waals surface area contributed by atoms with Gasteiger partial charge in [0.1, 0.15) is 6.10 Å². The molecule has 0 bridgehead atoms. The van der Waals surface area contributed by atoms with Crippen molar-refractivity contribution in [1.82, 2.24) is 4.90 Å². The van der Waals surface area contributed by atoms with Crippen LogP contribution in [0.25, 0.3) is 0 Å². The molecule has 1 aliphatic heterocycles. The number of nitrogens with two attached hydrogens (primary N) is 1. The lowest BCUT2D eigenvalue weighted by atomic mass is 10.1. The average molecular weight is 364 g/mol. The third-order valence-corrected chi connectivity index (χ3v) is 3.72. The van der Waals surface area contributed by atoms with Crippen LogP contribution in [0, 0.1) is 6.92 Å². The molecule has 1 amide bonds. The fourth-order valence-electron chi connectivity index (χ4n) is 2.55.